The predicted molar refractivity (Wildman–Crippen MR) is 152 cm³/mol. The molecule has 4 rings (SSSR count). The van der Waals surface area contributed by atoms with Crippen molar-refractivity contribution < 1.29 is 33.4 Å². The van der Waals surface area contributed by atoms with Gasteiger partial charge < -0.3 is 29.0 Å². The van der Waals surface area contributed by atoms with Gasteiger partial charge in [-0.25, -0.2) is 4.99 Å². The Morgan fingerprint density at radius 1 is 0.925 bits per heavy atom. The highest BCUT2D eigenvalue weighted by Crippen LogP contribution is 2.35. The molecule has 3 aromatic carbocycles. The molecular weight excluding hydrogens is 538 g/mol. The normalized spacial score (nSPS) is 14.7. The number of ether oxygens (including phenoxy) is 5. The zero-order valence-corrected chi connectivity index (χ0v) is 23.1. The highest BCUT2D eigenvalue weighted by atomic mass is 32.2. The van der Waals surface area contributed by atoms with Gasteiger partial charge in [0.25, 0.3) is 5.91 Å². The van der Waals surface area contributed by atoms with Crippen molar-refractivity contribution in [2.45, 2.75) is 13.5 Å². The molecule has 0 bridgehead atoms. The van der Waals surface area contributed by atoms with E-state index in [1.807, 2.05) is 31.2 Å². The highest BCUT2D eigenvalue weighted by molar-refractivity contribution is 8.18. The average Bonchev–Trinajstić information content (AvgIpc) is 3.30. The lowest BCUT2D eigenvalue weighted by atomic mass is 10.1. The third-order valence-corrected chi connectivity index (χ3v) is 6.59. The number of methoxy groups -OCH3 is 3. The summed E-state index contributed by atoms with van der Waals surface area (Å²) in [5, 5.41) is 14.3. The molecular formula is C28H27N3O8S. The van der Waals surface area contributed by atoms with E-state index >= 15 is 0 Å². The summed E-state index contributed by atoms with van der Waals surface area (Å²) < 4.78 is 27.6. The number of benzene rings is 3. The number of hydrogen-bond acceptors (Lipinski definition) is 10. The van der Waals surface area contributed by atoms with Crippen LogP contribution in [0.15, 0.2) is 64.5 Å². The molecule has 0 unspecified atom stereocenters. The van der Waals surface area contributed by atoms with E-state index in [0.29, 0.717) is 50.9 Å². The molecule has 1 aliphatic heterocycles. The maximum absolute atomic E-state index is 12.6. The summed E-state index contributed by atoms with van der Waals surface area (Å²) in [6, 6.07) is 15.1. The molecule has 11 nitrogen and oxygen atoms in total. The summed E-state index contributed by atoms with van der Waals surface area (Å²) in [5.74, 6) is 2.19. The fourth-order valence-electron chi connectivity index (χ4n) is 3.79. The van der Waals surface area contributed by atoms with E-state index in [4.69, 9.17) is 23.7 Å². The van der Waals surface area contributed by atoms with Crippen LogP contribution in [-0.4, -0.2) is 43.9 Å². The standard InChI is InChI=1S/C28H27N3O8S/c1-5-38-25-12-17(6-9-24(25)39-16-18-14-20(35-2)8-11-22(18)36-3)13-26-27(32)30-28(40-26)29-19-7-10-23(37-4)21(15-19)31(33)34/h6-15H,5,16H2,1-4H3,(H,29,30,32)/b26-13-. The van der Waals surface area contributed by atoms with Gasteiger partial charge in [-0.2, -0.15) is 0 Å². The predicted octanol–water partition coefficient (Wildman–Crippen LogP) is 5.49. The molecule has 3 aromatic rings. The lowest BCUT2D eigenvalue weighted by Crippen LogP contribution is -2.19. The number of amidine groups is 1. The maximum Gasteiger partial charge on any atom is 0.313 e. The number of thioether (sulfide) groups is 1. The van der Waals surface area contributed by atoms with Crippen LogP contribution in [0.1, 0.15) is 18.1 Å². The van der Waals surface area contributed by atoms with Crippen molar-refractivity contribution in [3.63, 3.8) is 0 Å². The molecule has 0 aromatic heterocycles. The lowest BCUT2D eigenvalue weighted by molar-refractivity contribution is -0.385. The van der Waals surface area contributed by atoms with Crippen molar-refractivity contribution in [2.24, 2.45) is 4.99 Å². The quantitative estimate of drug-likeness (QED) is 0.182. The van der Waals surface area contributed by atoms with E-state index in [1.54, 1.807) is 38.5 Å². The van der Waals surface area contributed by atoms with Crippen molar-refractivity contribution in [3.05, 3.63) is 80.7 Å². The molecule has 1 amide bonds. The van der Waals surface area contributed by atoms with Crippen LogP contribution in [-0.2, 0) is 11.4 Å². The molecule has 12 heteroatoms. The second-order valence-electron chi connectivity index (χ2n) is 8.20. The zero-order chi connectivity index (χ0) is 28.6. The molecule has 208 valence electrons. The number of aliphatic imine (C=N–C) groups is 1. The molecule has 1 fully saturated rings. The Bertz CT molecular complexity index is 1490. The van der Waals surface area contributed by atoms with Gasteiger partial charge in [0.1, 0.15) is 18.1 Å². The average molecular weight is 566 g/mol. The third kappa shape index (κ3) is 6.64. The van der Waals surface area contributed by atoms with Gasteiger partial charge in [-0.05, 0) is 72.8 Å². The first kappa shape index (κ1) is 28.3. The van der Waals surface area contributed by atoms with E-state index in [0.717, 1.165) is 17.3 Å². The monoisotopic (exact) mass is 565 g/mol. The topological polar surface area (TPSA) is 131 Å². The first-order valence-electron chi connectivity index (χ1n) is 12.1. The number of rotatable bonds is 11. The summed E-state index contributed by atoms with van der Waals surface area (Å²) in [6.45, 7) is 2.51. The summed E-state index contributed by atoms with van der Waals surface area (Å²) >= 11 is 1.12. The molecule has 0 saturated carbocycles. The van der Waals surface area contributed by atoms with E-state index in [9.17, 15) is 14.9 Å². The Morgan fingerprint density at radius 3 is 2.38 bits per heavy atom. The number of nitro groups is 1. The Morgan fingerprint density at radius 2 is 1.68 bits per heavy atom. The molecule has 1 aliphatic rings. The molecule has 0 atom stereocenters. The fourth-order valence-corrected chi connectivity index (χ4v) is 4.63. The van der Waals surface area contributed by atoms with Gasteiger partial charge in [0, 0.05) is 11.6 Å². The van der Waals surface area contributed by atoms with Gasteiger partial charge in [0.15, 0.2) is 22.4 Å². The molecule has 0 spiro atoms. The number of nitrogens with zero attached hydrogens (tertiary/aromatic N) is 2. The molecule has 0 radical (unpaired) electrons. The first-order valence-corrected chi connectivity index (χ1v) is 12.9. The molecule has 1 saturated heterocycles. The second kappa shape index (κ2) is 12.9. The van der Waals surface area contributed by atoms with Crippen LogP contribution in [0, 0.1) is 10.1 Å². The van der Waals surface area contributed by atoms with E-state index in [-0.39, 0.29) is 24.0 Å². The van der Waals surface area contributed by atoms with Crippen LogP contribution in [0.2, 0.25) is 0 Å². The van der Waals surface area contributed by atoms with Gasteiger partial charge in [0.05, 0.1) is 43.5 Å². The number of hydrogen-bond donors (Lipinski definition) is 1. The number of nitrogens with one attached hydrogen (secondary N) is 1. The molecule has 1 N–H and O–H groups in total. The minimum Gasteiger partial charge on any atom is -0.497 e. The van der Waals surface area contributed by atoms with Gasteiger partial charge in [-0.3, -0.25) is 14.9 Å². The van der Waals surface area contributed by atoms with E-state index in [1.165, 1.54) is 19.2 Å². The van der Waals surface area contributed by atoms with Crippen LogP contribution in [0.3, 0.4) is 0 Å². The minimum absolute atomic E-state index is 0.123. The molecule has 40 heavy (non-hydrogen) atoms. The van der Waals surface area contributed by atoms with Crippen molar-refractivity contribution in [1.29, 1.82) is 0 Å². The SMILES string of the molecule is CCOc1cc(/C=C2\SC(=Nc3ccc(OC)c([N+](=O)[O-])c3)NC2=O)ccc1OCc1cc(OC)ccc1OC. The van der Waals surface area contributed by atoms with Crippen molar-refractivity contribution in [2.75, 3.05) is 27.9 Å². The van der Waals surface area contributed by atoms with Gasteiger partial charge in [0.2, 0.25) is 0 Å². The summed E-state index contributed by atoms with van der Waals surface area (Å²) in [5.41, 5.74) is 1.62. The lowest BCUT2D eigenvalue weighted by Gasteiger charge is -2.15. The summed E-state index contributed by atoms with van der Waals surface area (Å²) in [7, 11) is 4.54. The van der Waals surface area contributed by atoms with Crippen LogP contribution >= 0.6 is 11.8 Å². The minimum atomic E-state index is -0.551. The highest BCUT2D eigenvalue weighted by Gasteiger charge is 2.25. The van der Waals surface area contributed by atoms with Crippen molar-refractivity contribution in [1.82, 2.24) is 5.32 Å². The number of amides is 1. The Kier molecular flexibility index (Phi) is 9.12. The van der Waals surface area contributed by atoms with Crippen molar-refractivity contribution >= 4 is 40.3 Å². The van der Waals surface area contributed by atoms with E-state index in [2.05, 4.69) is 10.3 Å². The fraction of sp³-hybridized carbons (Fsp3) is 0.214. The number of nitro benzene ring substituents is 1. The van der Waals surface area contributed by atoms with Crippen molar-refractivity contribution in [3.8, 4) is 28.7 Å². The van der Waals surface area contributed by atoms with Crippen LogP contribution in [0.4, 0.5) is 11.4 Å². The molecule has 0 aliphatic carbocycles. The van der Waals surface area contributed by atoms with Crippen LogP contribution in [0.5, 0.6) is 28.7 Å². The zero-order valence-electron chi connectivity index (χ0n) is 22.3. The first-order chi connectivity index (χ1) is 19.3. The Balaban J connectivity index is 1.53. The Hall–Kier alpha value is -4.71. The van der Waals surface area contributed by atoms with Crippen LogP contribution in [0.25, 0.3) is 6.08 Å². The smallest absolute Gasteiger partial charge is 0.313 e. The van der Waals surface area contributed by atoms with Gasteiger partial charge >= 0.3 is 5.69 Å². The van der Waals surface area contributed by atoms with E-state index < -0.39 is 4.92 Å². The second-order valence-corrected chi connectivity index (χ2v) is 9.23. The number of carbonyl (C=O) groups is 1. The largest absolute Gasteiger partial charge is 0.497 e. The van der Waals surface area contributed by atoms with Gasteiger partial charge in [-0.15, -0.1) is 0 Å². The number of carbonyl (C=O) groups excluding carboxylic acids is 1. The Labute approximate surface area is 234 Å². The molecule has 1 heterocycles. The summed E-state index contributed by atoms with van der Waals surface area (Å²) in [6.07, 6.45) is 1.70. The third-order valence-electron chi connectivity index (χ3n) is 5.68. The summed E-state index contributed by atoms with van der Waals surface area (Å²) in [4.78, 5) is 28.1. The maximum atomic E-state index is 12.6. The van der Waals surface area contributed by atoms with Gasteiger partial charge in [-0.1, -0.05) is 6.07 Å². The van der Waals surface area contributed by atoms with Crippen LogP contribution < -0.4 is 29.0 Å².